The van der Waals surface area contributed by atoms with E-state index >= 15 is 0 Å². The van der Waals surface area contributed by atoms with Crippen molar-refractivity contribution in [3.05, 3.63) is 17.4 Å². The Labute approximate surface area is 108 Å². The fourth-order valence-electron chi connectivity index (χ4n) is 1.57. The van der Waals surface area contributed by atoms with Gasteiger partial charge in [-0.25, -0.2) is 9.97 Å². The van der Waals surface area contributed by atoms with Gasteiger partial charge in [0.15, 0.2) is 0 Å². The predicted molar refractivity (Wildman–Crippen MR) is 72.4 cm³/mol. The van der Waals surface area contributed by atoms with Crippen LogP contribution in [0.5, 0.6) is 0 Å². The highest BCUT2D eigenvalue weighted by Gasteiger charge is 2.21. The molecule has 0 saturated carbocycles. The topological polar surface area (TPSA) is 55.0 Å². The molecule has 0 radical (unpaired) electrons. The Hall–Kier alpha value is -0.870. The molecule has 2 N–H and O–H groups in total. The maximum atomic E-state index is 5.79. The van der Waals surface area contributed by atoms with Crippen LogP contribution in [0.3, 0.4) is 0 Å². The highest BCUT2D eigenvalue weighted by molar-refractivity contribution is 6.30. The van der Waals surface area contributed by atoms with Crippen LogP contribution in [-0.4, -0.2) is 29.6 Å². The molecule has 0 aromatic carbocycles. The van der Waals surface area contributed by atoms with Crippen LogP contribution in [0.1, 0.15) is 27.2 Å². The number of aromatic nitrogens is 2. The normalized spacial score (nSPS) is 11.6. The minimum absolute atomic E-state index is 0.0537. The van der Waals surface area contributed by atoms with Crippen molar-refractivity contribution in [1.29, 1.82) is 0 Å². The second kappa shape index (κ2) is 6.17. The molecule has 5 heteroatoms. The van der Waals surface area contributed by atoms with Crippen LogP contribution in [-0.2, 0) is 0 Å². The highest BCUT2D eigenvalue weighted by Crippen LogP contribution is 2.19. The lowest BCUT2D eigenvalue weighted by Gasteiger charge is -2.31. The lowest BCUT2D eigenvalue weighted by molar-refractivity contribution is 0.375. The van der Waals surface area contributed by atoms with E-state index in [4.69, 9.17) is 17.3 Å². The van der Waals surface area contributed by atoms with Crippen molar-refractivity contribution in [1.82, 2.24) is 9.97 Å². The summed E-state index contributed by atoms with van der Waals surface area (Å²) in [5, 5.41) is 0.559. The molecule has 0 saturated heterocycles. The Bertz CT molecular complexity index is 337. The summed E-state index contributed by atoms with van der Waals surface area (Å²) in [4.78, 5) is 10.7. The Balaban J connectivity index is 2.81. The van der Waals surface area contributed by atoms with E-state index in [9.17, 15) is 0 Å². The fraction of sp³-hybridized carbons (Fsp3) is 0.667. The summed E-state index contributed by atoms with van der Waals surface area (Å²) in [7, 11) is 0. The smallest absolute Gasteiger partial charge is 0.225 e. The summed E-state index contributed by atoms with van der Waals surface area (Å²) in [6.07, 6.45) is 4.30. The zero-order valence-electron chi connectivity index (χ0n) is 10.8. The molecule has 0 fully saturated rings. The van der Waals surface area contributed by atoms with Crippen molar-refractivity contribution in [2.75, 3.05) is 24.5 Å². The molecule has 0 amide bonds. The van der Waals surface area contributed by atoms with Gasteiger partial charge in [-0.1, -0.05) is 32.4 Å². The lowest BCUT2D eigenvalue weighted by Crippen LogP contribution is -2.40. The van der Waals surface area contributed by atoms with Crippen molar-refractivity contribution >= 4 is 17.5 Å². The number of nitrogens with zero attached hydrogens (tertiary/aromatic N) is 3. The van der Waals surface area contributed by atoms with Crippen LogP contribution in [0.25, 0.3) is 0 Å². The molecule has 1 heterocycles. The van der Waals surface area contributed by atoms with Crippen LogP contribution >= 0.6 is 11.6 Å². The first-order valence-corrected chi connectivity index (χ1v) is 6.29. The zero-order chi connectivity index (χ0) is 12.9. The van der Waals surface area contributed by atoms with E-state index in [1.807, 2.05) is 0 Å². The Kier molecular flexibility index (Phi) is 5.15. The molecule has 96 valence electrons. The van der Waals surface area contributed by atoms with Crippen molar-refractivity contribution in [2.24, 2.45) is 11.1 Å². The molecule has 0 aliphatic carbocycles. The second-order valence-electron chi connectivity index (χ2n) is 4.99. The van der Waals surface area contributed by atoms with Crippen LogP contribution in [0.2, 0.25) is 5.02 Å². The molecule has 1 rings (SSSR count). The lowest BCUT2D eigenvalue weighted by atomic mass is 9.93. The number of hydrogen-bond acceptors (Lipinski definition) is 4. The monoisotopic (exact) mass is 256 g/mol. The zero-order valence-corrected chi connectivity index (χ0v) is 11.5. The van der Waals surface area contributed by atoms with E-state index in [-0.39, 0.29) is 5.41 Å². The van der Waals surface area contributed by atoms with Gasteiger partial charge in [-0.3, -0.25) is 0 Å². The largest absolute Gasteiger partial charge is 0.340 e. The van der Waals surface area contributed by atoms with Gasteiger partial charge < -0.3 is 10.6 Å². The molecule has 0 atom stereocenters. The summed E-state index contributed by atoms with van der Waals surface area (Å²) in [6.45, 7) is 8.83. The van der Waals surface area contributed by atoms with Gasteiger partial charge in [-0.05, 0) is 18.4 Å². The van der Waals surface area contributed by atoms with Gasteiger partial charge in [0.1, 0.15) is 0 Å². The third-order valence-corrected chi connectivity index (χ3v) is 2.75. The molecule has 4 nitrogen and oxygen atoms in total. The van der Waals surface area contributed by atoms with Crippen molar-refractivity contribution in [3.63, 3.8) is 0 Å². The van der Waals surface area contributed by atoms with Gasteiger partial charge in [-0.15, -0.1) is 0 Å². The SMILES string of the molecule is CCCN(CC(C)(C)CN)c1ncc(Cl)cn1. The summed E-state index contributed by atoms with van der Waals surface area (Å²) >= 11 is 5.79. The number of rotatable bonds is 6. The molecule has 1 aromatic heterocycles. The molecule has 0 spiro atoms. The minimum Gasteiger partial charge on any atom is -0.340 e. The molecular weight excluding hydrogens is 236 g/mol. The first-order chi connectivity index (χ1) is 7.98. The van der Waals surface area contributed by atoms with E-state index < -0.39 is 0 Å². The summed E-state index contributed by atoms with van der Waals surface area (Å²) in [5.41, 5.74) is 5.82. The maximum absolute atomic E-state index is 5.79. The van der Waals surface area contributed by atoms with E-state index in [0.717, 1.165) is 25.5 Å². The van der Waals surface area contributed by atoms with Crippen LogP contribution in [0.15, 0.2) is 12.4 Å². The van der Waals surface area contributed by atoms with Crippen molar-refractivity contribution in [3.8, 4) is 0 Å². The molecule has 0 unspecified atom stereocenters. The van der Waals surface area contributed by atoms with Crippen LogP contribution < -0.4 is 10.6 Å². The standard InChI is InChI=1S/C12H21ClN4/c1-4-5-17(9-12(2,3)8-14)11-15-6-10(13)7-16-11/h6-7H,4-5,8-9,14H2,1-3H3. The number of anilines is 1. The van der Waals surface area contributed by atoms with Gasteiger partial charge in [0.05, 0.1) is 17.4 Å². The average molecular weight is 257 g/mol. The fourth-order valence-corrected chi connectivity index (χ4v) is 1.67. The molecule has 0 aliphatic rings. The van der Waals surface area contributed by atoms with E-state index in [2.05, 4.69) is 35.6 Å². The number of halogens is 1. The minimum atomic E-state index is 0.0537. The maximum Gasteiger partial charge on any atom is 0.225 e. The third kappa shape index (κ3) is 4.48. The highest BCUT2D eigenvalue weighted by atomic mass is 35.5. The Morgan fingerprint density at radius 1 is 1.35 bits per heavy atom. The molecule has 0 bridgehead atoms. The third-order valence-electron chi connectivity index (χ3n) is 2.55. The van der Waals surface area contributed by atoms with E-state index in [0.29, 0.717) is 11.6 Å². The Morgan fingerprint density at radius 2 is 1.94 bits per heavy atom. The number of nitrogens with two attached hydrogens (primary N) is 1. The molecule has 0 aliphatic heterocycles. The molecular formula is C12H21ClN4. The molecule has 1 aromatic rings. The van der Waals surface area contributed by atoms with Gasteiger partial charge in [-0.2, -0.15) is 0 Å². The van der Waals surface area contributed by atoms with Gasteiger partial charge in [0.2, 0.25) is 5.95 Å². The first kappa shape index (κ1) is 14.2. The summed E-state index contributed by atoms with van der Waals surface area (Å²) in [6, 6.07) is 0. The quantitative estimate of drug-likeness (QED) is 0.849. The second-order valence-corrected chi connectivity index (χ2v) is 5.43. The van der Waals surface area contributed by atoms with E-state index in [1.54, 1.807) is 12.4 Å². The van der Waals surface area contributed by atoms with Gasteiger partial charge in [0, 0.05) is 13.1 Å². The Morgan fingerprint density at radius 3 is 2.41 bits per heavy atom. The van der Waals surface area contributed by atoms with E-state index in [1.165, 1.54) is 0 Å². The van der Waals surface area contributed by atoms with Gasteiger partial charge >= 0.3 is 0 Å². The summed E-state index contributed by atoms with van der Waals surface area (Å²) in [5.74, 6) is 0.720. The van der Waals surface area contributed by atoms with Crippen LogP contribution in [0, 0.1) is 5.41 Å². The number of hydrogen-bond donors (Lipinski definition) is 1. The van der Waals surface area contributed by atoms with Crippen molar-refractivity contribution in [2.45, 2.75) is 27.2 Å². The van der Waals surface area contributed by atoms with Crippen molar-refractivity contribution < 1.29 is 0 Å². The molecule has 17 heavy (non-hydrogen) atoms. The first-order valence-electron chi connectivity index (χ1n) is 5.91. The van der Waals surface area contributed by atoms with Gasteiger partial charge in [0.25, 0.3) is 0 Å². The predicted octanol–water partition coefficient (Wildman–Crippen LogP) is 2.33. The van der Waals surface area contributed by atoms with Crippen LogP contribution in [0.4, 0.5) is 5.95 Å². The summed E-state index contributed by atoms with van der Waals surface area (Å²) < 4.78 is 0. The average Bonchev–Trinajstić information content (AvgIpc) is 2.29.